The molecule has 1 aromatic heterocycles. The molecule has 0 aliphatic rings. The summed E-state index contributed by atoms with van der Waals surface area (Å²) in [5.41, 5.74) is 6.68. The predicted molar refractivity (Wildman–Crippen MR) is 90.2 cm³/mol. The van der Waals surface area contributed by atoms with Crippen molar-refractivity contribution in [3.8, 4) is 0 Å². The van der Waals surface area contributed by atoms with Crippen molar-refractivity contribution in [1.29, 1.82) is 0 Å². The molecule has 0 radical (unpaired) electrons. The lowest BCUT2D eigenvalue weighted by molar-refractivity contribution is 0.816. The van der Waals surface area contributed by atoms with Gasteiger partial charge in [-0.15, -0.1) is 0 Å². The Morgan fingerprint density at radius 2 is 1.95 bits per heavy atom. The number of benzene rings is 1. The van der Waals surface area contributed by atoms with E-state index in [2.05, 4.69) is 56.7 Å². The summed E-state index contributed by atoms with van der Waals surface area (Å²) in [5.74, 6) is 1.27. The molecule has 2 rings (SSSR count). The van der Waals surface area contributed by atoms with Gasteiger partial charge in [0.15, 0.2) is 0 Å². The third-order valence-corrected chi connectivity index (χ3v) is 3.44. The standard InChI is InChI=1S/C13H17IN6/c1-3-20(4-2)13-18-11(15)17-12(19-13)16-10-7-5-6-9(14)8-10/h5-8H,3-4H2,1-2H3,(H3,15,16,17,18,19). The molecule has 1 heterocycles. The highest BCUT2D eigenvalue weighted by Gasteiger charge is 2.09. The molecule has 3 N–H and O–H groups in total. The number of halogens is 1. The van der Waals surface area contributed by atoms with E-state index in [-0.39, 0.29) is 5.95 Å². The molecule has 0 aliphatic heterocycles. The van der Waals surface area contributed by atoms with Crippen LogP contribution in [0.4, 0.5) is 23.5 Å². The molecule has 6 nitrogen and oxygen atoms in total. The smallest absolute Gasteiger partial charge is 0.233 e. The van der Waals surface area contributed by atoms with Crippen molar-refractivity contribution in [2.75, 3.05) is 29.0 Å². The van der Waals surface area contributed by atoms with Gasteiger partial charge in [-0.3, -0.25) is 0 Å². The molecule has 0 saturated heterocycles. The average Bonchev–Trinajstić information content (AvgIpc) is 2.39. The minimum absolute atomic E-state index is 0.218. The molecule has 0 saturated carbocycles. The highest BCUT2D eigenvalue weighted by atomic mass is 127. The number of rotatable bonds is 5. The Balaban J connectivity index is 2.28. The minimum Gasteiger partial charge on any atom is -0.368 e. The van der Waals surface area contributed by atoms with E-state index in [9.17, 15) is 0 Å². The zero-order valence-electron chi connectivity index (χ0n) is 11.5. The highest BCUT2D eigenvalue weighted by molar-refractivity contribution is 14.1. The van der Waals surface area contributed by atoms with Crippen molar-refractivity contribution in [3.63, 3.8) is 0 Å². The molecule has 0 amide bonds. The Morgan fingerprint density at radius 1 is 1.20 bits per heavy atom. The first-order chi connectivity index (χ1) is 9.62. The van der Waals surface area contributed by atoms with Crippen LogP contribution in [0.25, 0.3) is 0 Å². The number of nitrogen functional groups attached to an aromatic ring is 1. The van der Waals surface area contributed by atoms with Crippen LogP contribution < -0.4 is 16.0 Å². The van der Waals surface area contributed by atoms with E-state index in [0.717, 1.165) is 22.3 Å². The number of nitrogens with zero attached hydrogens (tertiary/aromatic N) is 4. The van der Waals surface area contributed by atoms with Gasteiger partial charge in [0.25, 0.3) is 0 Å². The second-order valence-electron chi connectivity index (χ2n) is 4.12. The number of nitrogens with one attached hydrogen (secondary N) is 1. The molecule has 7 heteroatoms. The average molecular weight is 384 g/mol. The van der Waals surface area contributed by atoms with Gasteiger partial charge in [0.05, 0.1) is 0 Å². The lowest BCUT2D eigenvalue weighted by Gasteiger charge is -2.19. The first kappa shape index (κ1) is 14.8. The third-order valence-electron chi connectivity index (χ3n) is 2.77. The summed E-state index contributed by atoms with van der Waals surface area (Å²) in [4.78, 5) is 14.7. The lowest BCUT2D eigenvalue weighted by Crippen LogP contribution is -2.25. The molecular formula is C13H17IN6. The SMILES string of the molecule is CCN(CC)c1nc(N)nc(Nc2cccc(I)c2)n1. The molecule has 20 heavy (non-hydrogen) atoms. The minimum atomic E-state index is 0.218. The van der Waals surface area contributed by atoms with E-state index in [1.165, 1.54) is 0 Å². The quantitative estimate of drug-likeness (QED) is 0.772. The van der Waals surface area contributed by atoms with Crippen molar-refractivity contribution in [2.45, 2.75) is 13.8 Å². The van der Waals surface area contributed by atoms with Gasteiger partial charge in [-0.2, -0.15) is 15.0 Å². The second kappa shape index (κ2) is 6.69. The van der Waals surface area contributed by atoms with Crippen molar-refractivity contribution in [3.05, 3.63) is 27.8 Å². The van der Waals surface area contributed by atoms with Crippen molar-refractivity contribution >= 4 is 46.1 Å². The van der Waals surface area contributed by atoms with E-state index in [1.807, 2.05) is 29.2 Å². The van der Waals surface area contributed by atoms with Crippen LogP contribution >= 0.6 is 22.6 Å². The maximum absolute atomic E-state index is 5.76. The summed E-state index contributed by atoms with van der Waals surface area (Å²) < 4.78 is 1.14. The summed E-state index contributed by atoms with van der Waals surface area (Å²) in [5, 5.41) is 3.16. The Bertz CT molecular complexity index is 585. The molecular weight excluding hydrogens is 367 g/mol. The molecule has 106 valence electrons. The number of nitrogens with two attached hydrogens (primary N) is 1. The molecule has 1 aromatic carbocycles. The number of aromatic nitrogens is 3. The summed E-state index contributed by atoms with van der Waals surface area (Å²) in [6.45, 7) is 5.75. The van der Waals surface area contributed by atoms with Crippen LogP contribution in [-0.2, 0) is 0 Å². The van der Waals surface area contributed by atoms with Gasteiger partial charge in [0.1, 0.15) is 0 Å². The van der Waals surface area contributed by atoms with E-state index in [4.69, 9.17) is 5.73 Å². The Labute approximate surface area is 132 Å². The van der Waals surface area contributed by atoms with Gasteiger partial charge in [0.2, 0.25) is 17.8 Å². The predicted octanol–water partition coefficient (Wildman–Crippen LogP) is 2.65. The maximum Gasteiger partial charge on any atom is 0.233 e. The normalized spacial score (nSPS) is 10.3. The van der Waals surface area contributed by atoms with E-state index >= 15 is 0 Å². The summed E-state index contributed by atoms with van der Waals surface area (Å²) in [7, 11) is 0. The van der Waals surface area contributed by atoms with Gasteiger partial charge in [-0.1, -0.05) is 6.07 Å². The molecule has 0 unspecified atom stereocenters. The van der Waals surface area contributed by atoms with E-state index < -0.39 is 0 Å². The van der Waals surface area contributed by atoms with Gasteiger partial charge in [-0.25, -0.2) is 0 Å². The number of hydrogen-bond acceptors (Lipinski definition) is 6. The second-order valence-corrected chi connectivity index (χ2v) is 5.37. The van der Waals surface area contributed by atoms with Crippen LogP contribution in [0.15, 0.2) is 24.3 Å². The molecule has 2 aromatic rings. The Morgan fingerprint density at radius 3 is 2.60 bits per heavy atom. The monoisotopic (exact) mass is 384 g/mol. The summed E-state index contributed by atoms with van der Waals surface area (Å²) >= 11 is 2.26. The number of hydrogen-bond donors (Lipinski definition) is 2. The molecule has 0 bridgehead atoms. The van der Waals surface area contributed by atoms with Crippen LogP contribution in [-0.4, -0.2) is 28.0 Å². The van der Waals surface area contributed by atoms with Crippen LogP contribution in [0.3, 0.4) is 0 Å². The number of anilines is 4. The molecule has 0 fully saturated rings. The van der Waals surface area contributed by atoms with Crippen LogP contribution in [0.1, 0.15) is 13.8 Å². The van der Waals surface area contributed by atoms with E-state index in [0.29, 0.717) is 11.9 Å². The van der Waals surface area contributed by atoms with Gasteiger partial charge >= 0.3 is 0 Å². The van der Waals surface area contributed by atoms with Gasteiger partial charge < -0.3 is 16.0 Å². The van der Waals surface area contributed by atoms with Crippen molar-refractivity contribution < 1.29 is 0 Å². The third kappa shape index (κ3) is 3.69. The Hall–Kier alpha value is -1.64. The zero-order chi connectivity index (χ0) is 14.5. The summed E-state index contributed by atoms with van der Waals surface area (Å²) in [6, 6.07) is 7.96. The fraction of sp³-hybridized carbons (Fsp3) is 0.308. The molecule has 0 aliphatic carbocycles. The first-order valence-electron chi connectivity index (χ1n) is 6.41. The zero-order valence-corrected chi connectivity index (χ0v) is 13.6. The highest BCUT2D eigenvalue weighted by Crippen LogP contribution is 2.18. The Kier molecular flexibility index (Phi) is 4.94. The first-order valence-corrected chi connectivity index (χ1v) is 7.49. The fourth-order valence-corrected chi connectivity index (χ4v) is 2.32. The molecule has 0 atom stereocenters. The van der Waals surface area contributed by atoms with Crippen molar-refractivity contribution in [2.24, 2.45) is 0 Å². The summed E-state index contributed by atoms with van der Waals surface area (Å²) in [6.07, 6.45) is 0. The fourth-order valence-electron chi connectivity index (χ4n) is 1.78. The van der Waals surface area contributed by atoms with Crippen LogP contribution in [0.5, 0.6) is 0 Å². The van der Waals surface area contributed by atoms with E-state index in [1.54, 1.807) is 0 Å². The topological polar surface area (TPSA) is 80.0 Å². The van der Waals surface area contributed by atoms with Crippen molar-refractivity contribution in [1.82, 2.24) is 15.0 Å². The largest absolute Gasteiger partial charge is 0.368 e. The van der Waals surface area contributed by atoms with Gasteiger partial charge in [0, 0.05) is 22.3 Å². The lowest BCUT2D eigenvalue weighted by atomic mass is 10.3. The molecule has 0 spiro atoms. The van der Waals surface area contributed by atoms with Crippen LogP contribution in [0.2, 0.25) is 0 Å². The van der Waals surface area contributed by atoms with Gasteiger partial charge in [-0.05, 0) is 54.6 Å². The van der Waals surface area contributed by atoms with Crippen LogP contribution in [0, 0.1) is 3.57 Å². The maximum atomic E-state index is 5.76.